The van der Waals surface area contributed by atoms with E-state index < -0.39 is 35.4 Å². The first-order valence-electron chi connectivity index (χ1n) is 8.22. The number of amides is 2. The van der Waals surface area contributed by atoms with E-state index in [0.717, 1.165) is 29.5 Å². The van der Waals surface area contributed by atoms with E-state index in [0.29, 0.717) is 11.8 Å². The number of rotatable bonds is 1. The molecule has 5 aliphatic rings. The molecule has 25 heavy (non-hydrogen) atoms. The second-order valence-electron chi connectivity index (χ2n) is 7.33. The fourth-order valence-electron chi connectivity index (χ4n) is 5.05. The molecule has 2 saturated carbocycles. The average molecular weight is 368 g/mol. The zero-order chi connectivity index (χ0) is 17.7. The summed E-state index contributed by atoms with van der Waals surface area (Å²) < 4.78 is 39.1. The van der Waals surface area contributed by atoms with Crippen LogP contribution in [0.25, 0.3) is 0 Å². The second kappa shape index (κ2) is 4.67. The molecule has 6 unspecified atom stereocenters. The smallest absolute Gasteiger partial charge is 0.274 e. The quantitative estimate of drug-likeness (QED) is 0.557. The minimum absolute atomic E-state index is 0.0195. The summed E-state index contributed by atoms with van der Waals surface area (Å²) in [5.74, 6) is -0.845. The zero-order valence-electron chi connectivity index (χ0n) is 12.8. The van der Waals surface area contributed by atoms with E-state index >= 15 is 0 Å². The van der Waals surface area contributed by atoms with E-state index in [-0.39, 0.29) is 22.5 Å². The van der Waals surface area contributed by atoms with Gasteiger partial charge in [-0.2, -0.15) is 13.2 Å². The maximum Gasteiger partial charge on any atom is 0.416 e. The maximum atomic E-state index is 13.0. The molecule has 1 saturated heterocycles. The third-order valence-electron chi connectivity index (χ3n) is 6.18. The van der Waals surface area contributed by atoms with Crippen molar-refractivity contribution in [3.63, 3.8) is 0 Å². The van der Waals surface area contributed by atoms with Gasteiger partial charge < -0.3 is 0 Å². The predicted octanol–water partition coefficient (Wildman–Crippen LogP) is 3.92. The number of anilines is 1. The summed E-state index contributed by atoms with van der Waals surface area (Å²) in [5, 5.41) is -0.0289. The van der Waals surface area contributed by atoms with Gasteiger partial charge in [0, 0.05) is 0 Å². The Morgan fingerprint density at radius 1 is 1.00 bits per heavy atom. The number of hydrogen-bond donors (Lipinski definition) is 0. The lowest BCUT2D eigenvalue weighted by Crippen LogP contribution is -2.40. The van der Waals surface area contributed by atoms with E-state index in [4.69, 9.17) is 11.6 Å². The van der Waals surface area contributed by atoms with Crippen LogP contribution in [0, 0.1) is 35.5 Å². The normalized spacial score (nSPS) is 38.2. The standard InChI is InChI=1S/C18H13ClF3NO2/c19-12-4-1-7(18(20,21)22)5-13(12)23-16(24)14-8-2-3-9(11-6-10(8)11)15(14)17(23)25/h1-5,8-11,14-15H,6H2. The van der Waals surface area contributed by atoms with Gasteiger partial charge in [0.1, 0.15) is 0 Å². The number of halogens is 4. The molecule has 1 aromatic rings. The van der Waals surface area contributed by atoms with E-state index in [1.807, 2.05) is 12.2 Å². The van der Waals surface area contributed by atoms with Crippen LogP contribution >= 0.6 is 11.6 Å². The summed E-state index contributed by atoms with van der Waals surface area (Å²) in [4.78, 5) is 26.8. The van der Waals surface area contributed by atoms with Crippen molar-refractivity contribution in [3.05, 3.63) is 40.9 Å². The molecule has 0 spiro atoms. The molecule has 1 aliphatic heterocycles. The molecule has 1 heterocycles. The Morgan fingerprint density at radius 3 is 2.08 bits per heavy atom. The minimum atomic E-state index is -4.57. The van der Waals surface area contributed by atoms with Crippen molar-refractivity contribution in [1.29, 1.82) is 0 Å². The van der Waals surface area contributed by atoms with Gasteiger partial charge in [0.25, 0.3) is 0 Å². The molecule has 0 aromatic heterocycles. The molecule has 0 radical (unpaired) electrons. The van der Waals surface area contributed by atoms with Gasteiger partial charge in [0.2, 0.25) is 11.8 Å². The molecule has 7 heteroatoms. The van der Waals surface area contributed by atoms with Gasteiger partial charge in [-0.3, -0.25) is 9.59 Å². The lowest BCUT2D eigenvalue weighted by atomic mass is 9.63. The van der Waals surface area contributed by atoms with E-state index in [1.165, 1.54) is 0 Å². The number of nitrogens with zero attached hydrogens (tertiary/aromatic N) is 1. The minimum Gasteiger partial charge on any atom is -0.274 e. The molecular weight excluding hydrogens is 355 g/mol. The Kier molecular flexibility index (Phi) is 2.88. The van der Waals surface area contributed by atoms with Crippen LogP contribution < -0.4 is 4.90 Å². The Labute approximate surface area is 146 Å². The molecular formula is C18H13ClF3NO2. The number of benzene rings is 1. The molecule has 4 aliphatic carbocycles. The van der Waals surface area contributed by atoms with Gasteiger partial charge in [-0.1, -0.05) is 23.8 Å². The molecule has 6 rings (SSSR count). The summed E-state index contributed by atoms with van der Waals surface area (Å²) in [6.07, 6.45) is 0.491. The summed E-state index contributed by atoms with van der Waals surface area (Å²) in [5.41, 5.74) is -1.08. The predicted molar refractivity (Wildman–Crippen MR) is 83.6 cm³/mol. The molecule has 0 N–H and O–H groups in total. The average Bonchev–Trinajstić information content (AvgIpc) is 3.32. The molecule has 1 aromatic carbocycles. The highest BCUT2D eigenvalue weighted by Gasteiger charge is 2.67. The third-order valence-corrected chi connectivity index (χ3v) is 6.50. The van der Waals surface area contributed by atoms with Crippen LogP contribution in [0.1, 0.15) is 12.0 Å². The number of carbonyl (C=O) groups excluding carboxylic acids is 2. The van der Waals surface area contributed by atoms with Crippen molar-refractivity contribution in [2.24, 2.45) is 35.5 Å². The van der Waals surface area contributed by atoms with Crippen molar-refractivity contribution in [1.82, 2.24) is 0 Å². The topological polar surface area (TPSA) is 37.4 Å². The first kappa shape index (κ1) is 15.4. The van der Waals surface area contributed by atoms with Gasteiger partial charge in [-0.15, -0.1) is 0 Å². The first-order valence-corrected chi connectivity index (χ1v) is 8.59. The number of allylic oxidation sites excluding steroid dienone is 2. The molecule has 3 fully saturated rings. The van der Waals surface area contributed by atoms with Crippen molar-refractivity contribution < 1.29 is 22.8 Å². The SMILES string of the molecule is O=C1C2C3C=CC(C4CC34)C2C(=O)N1c1cc(C(F)(F)F)ccc1Cl. The first-order chi connectivity index (χ1) is 11.8. The van der Waals surface area contributed by atoms with Crippen molar-refractivity contribution in [2.75, 3.05) is 4.90 Å². The van der Waals surface area contributed by atoms with E-state index in [1.54, 1.807) is 0 Å². The summed E-state index contributed by atoms with van der Waals surface area (Å²) in [6.45, 7) is 0. The van der Waals surface area contributed by atoms with Gasteiger partial charge in [0.15, 0.2) is 0 Å². The van der Waals surface area contributed by atoms with Gasteiger partial charge in [-0.25, -0.2) is 4.90 Å². The van der Waals surface area contributed by atoms with Crippen LogP contribution in [0.4, 0.5) is 18.9 Å². The third kappa shape index (κ3) is 1.94. The van der Waals surface area contributed by atoms with Crippen LogP contribution in [0.3, 0.4) is 0 Å². The van der Waals surface area contributed by atoms with Gasteiger partial charge in [-0.05, 0) is 48.3 Å². The second-order valence-corrected chi connectivity index (χ2v) is 7.74. The van der Waals surface area contributed by atoms with Gasteiger partial charge in [0.05, 0.1) is 28.1 Å². The highest BCUT2D eigenvalue weighted by molar-refractivity contribution is 6.36. The van der Waals surface area contributed by atoms with Crippen LogP contribution in [0.5, 0.6) is 0 Å². The fraction of sp³-hybridized carbons (Fsp3) is 0.444. The Hall–Kier alpha value is -1.82. The largest absolute Gasteiger partial charge is 0.416 e. The fourth-order valence-corrected chi connectivity index (χ4v) is 5.26. The Morgan fingerprint density at radius 2 is 1.56 bits per heavy atom. The number of imide groups is 1. The Balaban J connectivity index is 1.59. The molecule has 130 valence electrons. The van der Waals surface area contributed by atoms with E-state index in [9.17, 15) is 22.8 Å². The number of hydrogen-bond acceptors (Lipinski definition) is 2. The van der Waals surface area contributed by atoms with Crippen LogP contribution in [-0.4, -0.2) is 11.8 Å². The van der Waals surface area contributed by atoms with Gasteiger partial charge >= 0.3 is 6.18 Å². The van der Waals surface area contributed by atoms with Crippen LogP contribution in [0.2, 0.25) is 5.02 Å². The molecule has 6 atom stereocenters. The molecule has 2 bridgehead atoms. The number of carbonyl (C=O) groups is 2. The summed E-state index contributed by atoms with van der Waals surface area (Å²) >= 11 is 6.05. The van der Waals surface area contributed by atoms with E-state index in [2.05, 4.69) is 0 Å². The summed E-state index contributed by atoms with van der Waals surface area (Å²) in [7, 11) is 0. The lowest BCUT2D eigenvalue weighted by molar-refractivity contribution is -0.137. The highest BCUT2D eigenvalue weighted by Crippen LogP contribution is 2.65. The zero-order valence-corrected chi connectivity index (χ0v) is 13.6. The lowest BCUT2D eigenvalue weighted by Gasteiger charge is -2.37. The monoisotopic (exact) mass is 367 g/mol. The van der Waals surface area contributed by atoms with Crippen molar-refractivity contribution in [3.8, 4) is 0 Å². The summed E-state index contributed by atoms with van der Waals surface area (Å²) in [6, 6.07) is 2.74. The maximum absolute atomic E-state index is 13.0. The van der Waals surface area contributed by atoms with Crippen molar-refractivity contribution >= 4 is 29.1 Å². The molecule has 3 nitrogen and oxygen atoms in total. The highest BCUT2D eigenvalue weighted by atomic mass is 35.5. The molecule has 2 amide bonds. The number of alkyl halides is 3. The van der Waals surface area contributed by atoms with Crippen molar-refractivity contribution in [2.45, 2.75) is 12.6 Å². The Bertz CT molecular complexity index is 813. The van der Waals surface area contributed by atoms with Crippen LogP contribution in [0.15, 0.2) is 30.4 Å². The van der Waals surface area contributed by atoms with Crippen LogP contribution in [-0.2, 0) is 15.8 Å².